The Hall–Kier alpha value is -3.92. The summed E-state index contributed by atoms with van der Waals surface area (Å²) in [5, 5.41) is 6.68. The zero-order chi connectivity index (χ0) is 34.3. The predicted octanol–water partition coefficient (Wildman–Crippen LogP) is 6.52. The highest BCUT2D eigenvalue weighted by atomic mass is 35.5. The van der Waals surface area contributed by atoms with E-state index < -0.39 is 11.7 Å². The number of nitrogens with one attached hydrogen (secondary N) is 2. The van der Waals surface area contributed by atoms with Crippen LogP contribution in [-0.2, 0) is 19.7 Å². The number of halogens is 1. The summed E-state index contributed by atoms with van der Waals surface area (Å²) in [5.41, 5.74) is 2.24. The predicted molar refractivity (Wildman–Crippen MR) is 189 cm³/mol. The second-order valence-corrected chi connectivity index (χ2v) is 14.7. The number of benzene rings is 1. The number of hydrogen-bond donors (Lipinski definition) is 2. The fourth-order valence-electron chi connectivity index (χ4n) is 6.57. The third kappa shape index (κ3) is 9.36. The van der Waals surface area contributed by atoms with E-state index in [9.17, 15) is 14.4 Å². The topological polar surface area (TPSA) is 117 Å². The number of allylic oxidation sites excluding steroid dienone is 4. The molecule has 258 valence electrons. The first kappa shape index (κ1) is 35.4. The van der Waals surface area contributed by atoms with E-state index in [0.29, 0.717) is 75.1 Å². The molecule has 3 heterocycles. The molecular weight excluding hydrogens is 628 g/mol. The number of carbonyl (C=O) groups excluding carboxylic acids is 3. The van der Waals surface area contributed by atoms with Crippen LogP contribution in [-0.4, -0.2) is 82.0 Å². The number of aromatic nitrogens is 2. The Balaban J connectivity index is 1.06. The summed E-state index contributed by atoms with van der Waals surface area (Å²) in [6, 6.07) is 8.55. The van der Waals surface area contributed by atoms with Crippen LogP contribution in [0, 0.1) is 5.92 Å². The Labute approximate surface area is 289 Å². The minimum absolute atomic E-state index is 0.0622. The second-order valence-electron chi connectivity index (χ2n) is 14.3. The molecular formula is C37H49ClN6O4. The molecule has 1 atom stereocenters. The lowest BCUT2D eigenvalue weighted by atomic mass is 9.77. The van der Waals surface area contributed by atoms with E-state index in [1.165, 1.54) is 5.56 Å². The quantitative estimate of drug-likeness (QED) is 0.291. The SMILES string of the molecule is CC(C)(C)OC(=O)NCCCC(=O)N1CCC(C(=O)N2CCC(Nc3ncc(Cl)c(-c4cccc(C5(C)C=CC=CC5)c4)n3)CC2)CC1. The number of piperidine rings is 2. The third-order valence-electron chi connectivity index (χ3n) is 9.37. The molecule has 0 spiro atoms. The van der Waals surface area contributed by atoms with Gasteiger partial charge in [0, 0.05) is 62.1 Å². The van der Waals surface area contributed by atoms with Crippen LogP contribution in [0.4, 0.5) is 10.7 Å². The van der Waals surface area contributed by atoms with Crippen LogP contribution < -0.4 is 10.6 Å². The molecule has 2 aliphatic heterocycles. The second kappa shape index (κ2) is 15.5. The maximum absolute atomic E-state index is 13.4. The van der Waals surface area contributed by atoms with Crippen molar-refractivity contribution in [3.05, 3.63) is 65.4 Å². The van der Waals surface area contributed by atoms with Crippen molar-refractivity contribution in [2.75, 3.05) is 38.0 Å². The Morgan fingerprint density at radius 2 is 1.77 bits per heavy atom. The molecule has 1 aliphatic carbocycles. The Morgan fingerprint density at radius 1 is 1.04 bits per heavy atom. The first-order valence-corrected chi connectivity index (χ1v) is 17.6. The number of anilines is 1. The highest BCUT2D eigenvalue weighted by Gasteiger charge is 2.32. The molecule has 5 rings (SSSR count). The molecule has 0 saturated carbocycles. The lowest BCUT2D eigenvalue weighted by Crippen LogP contribution is -2.48. The molecule has 2 aromatic rings. The molecule has 48 heavy (non-hydrogen) atoms. The summed E-state index contributed by atoms with van der Waals surface area (Å²) in [7, 11) is 0. The molecule has 2 fully saturated rings. The van der Waals surface area contributed by atoms with Gasteiger partial charge in [0.05, 0.1) is 16.9 Å². The van der Waals surface area contributed by atoms with Crippen LogP contribution in [0.5, 0.6) is 0 Å². The maximum atomic E-state index is 13.4. The summed E-state index contributed by atoms with van der Waals surface area (Å²) in [6.45, 7) is 10.6. The van der Waals surface area contributed by atoms with Gasteiger partial charge in [0.15, 0.2) is 0 Å². The highest BCUT2D eigenvalue weighted by molar-refractivity contribution is 6.32. The van der Waals surface area contributed by atoms with Gasteiger partial charge in [-0.15, -0.1) is 0 Å². The number of ether oxygens (including phenoxy) is 1. The van der Waals surface area contributed by atoms with Gasteiger partial charge in [-0.2, -0.15) is 0 Å². The number of rotatable bonds is 9. The van der Waals surface area contributed by atoms with E-state index in [1.54, 1.807) is 6.20 Å². The molecule has 2 N–H and O–H groups in total. The van der Waals surface area contributed by atoms with Crippen LogP contribution in [0.25, 0.3) is 11.3 Å². The Bertz CT molecular complexity index is 1520. The molecule has 1 aromatic carbocycles. The smallest absolute Gasteiger partial charge is 0.407 e. The van der Waals surface area contributed by atoms with Gasteiger partial charge in [-0.25, -0.2) is 14.8 Å². The molecule has 2 saturated heterocycles. The van der Waals surface area contributed by atoms with Crippen LogP contribution in [0.15, 0.2) is 54.8 Å². The van der Waals surface area contributed by atoms with E-state index in [4.69, 9.17) is 21.3 Å². The molecule has 0 bridgehead atoms. The van der Waals surface area contributed by atoms with Crippen molar-refractivity contribution in [3.8, 4) is 11.3 Å². The number of likely N-dealkylation sites (tertiary alicyclic amines) is 2. The summed E-state index contributed by atoms with van der Waals surface area (Å²) in [6.07, 6.45) is 14.6. The maximum Gasteiger partial charge on any atom is 0.407 e. The molecule has 11 heteroatoms. The van der Waals surface area contributed by atoms with Gasteiger partial charge in [0.2, 0.25) is 17.8 Å². The minimum Gasteiger partial charge on any atom is -0.444 e. The van der Waals surface area contributed by atoms with Gasteiger partial charge < -0.3 is 25.2 Å². The normalized spacial score (nSPS) is 20.4. The van der Waals surface area contributed by atoms with Crippen molar-refractivity contribution in [1.29, 1.82) is 0 Å². The van der Waals surface area contributed by atoms with Gasteiger partial charge in [-0.3, -0.25) is 9.59 Å². The van der Waals surface area contributed by atoms with Crippen LogP contribution in [0.1, 0.15) is 78.2 Å². The number of hydrogen-bond acceptors (Lipinski definition) is 7. The largest absolute Gasteiger partial charge is 0.444 e. The van der Waals surface area contributed by atoms with Crippen molar-refractivity contribution in [3.63, 3.8) is 0 Å². The van der Waals surface area contributed by atoms with E-state index in [2.05, 4.69) is 65.0 Å². The first-order valence-electron chi connectivity index (χ1n) is 17.2. The number of alkyl carbamates (subject to hydrolysis) is 1. The molecule has 1 unspecified atom stereocenters. The van der Waals surface area contributed by atoms with Crippen molar-refractivity contribution in [2.45, 2.75) is 89.7 Å². The summed E-state index contributed by atoms with van der Waals surface area (Å²) >= 11 is 6.59. The Morgan fingerprint density at radius 3 is 2.46 bits per heavy atom. The molecule has 1 aromatic heterocycles. The molecule has 0 radical (unpaired) electrons. The lowest BCUT2D eigenvalue weighted by molar-refractivity contribution is -0.141. The van der Waals surface area contributed by atoms with Crippen molar-refractivity contribution < 1.29 is 19.1 Å². The number of nitrogens with zero attached hydrogens (tertiary/aromatic N) is 4. The molecule has 10 nitrogen and oxygen atoms in total. The van der Waals surface area contributed by atoms with Gasteiger partial charge in [0.1, 0.15) is 5.60 Å². The van der Waals surface area contributed by atoms with Gasteiger partial charge in [-0.05, 0) is 70.9 Å². The van der Waals surface area contributed by atoms with Gasteiger partial charge in [0.25, 0.3) is 0 Å². The van der Waals surface area contributed by atoms with Crippen LogP contribution >= 0.6 is 11.6 Å². The van der Waals surface area contributed by atoms with Crippen molar-refractivity contribution >= 4 is 35.5 Å². The lowest BCUT2D eigenvalue weighted by Gasteiger charge is -2.37. The van der Waals surface area contributed by atoms with Crippen LogP contribution in [0.2, 0.25) is 5.02 Å². The van der Waals surface area contributed by atoms with Gasteiger partial charge in [-0.1, -0.05) is 61.0 Å². The van der Waals surface area contributed by atoms with Crippen LogP contribution in [0.3, 0.4) is 0 Å². The highest BCUT2D eigenvalue weighted by Crippen LogP contribution is 2.35. The van der Waals surface area contributed by atoms with Crippen molar-refractivity contribution in [2.24, 2.45) is 5.92 Å². The third-order valence-corrected chi connectivity index (χ3v) is 9.64. The van der Waals surface area contributed by atoms with Gasteiger partial charge >= 0.3 is 6.09 Å². The summed E-state index contributed by atoms with van der Waals surface area (Å²) < 4.78 is 5.23. The summed E-state index contributed by atoms with van der Waals surface area (Å²) in [5.74, 6) is 0.720. The van der Waals surface area contributed by atoms with Crippen molar-refractivity contribution in [1.82, 2.24) is 25.1 Å². The number of amides is 3. The summed E-state index contributed by atoms with van der Waals surface area (Å²) in [4.78, 5) is 51.0. The number of carbonyl (C=O) groups is 3. The average molecular weight is 677 g/mol. The monoisotopic (exact) mass is 676 g/mol. The van der Waals surface area contributed by atoms with E-state index in [1.807, 2.05) is 36.6 Å². The Kier molecular flexibility index (Phi) is 11.5. The van der Waals surface area contributed by atoms with E-state index in [-0.39, 0.29) is 29.2 Å². The first-order chi connectivity index (χ1) is 22.9. The zero-order valence-corrected chi connectivity index (χ0v) is 29.4. The standard InChI is InChI=1S/C37H49ClN6O4/c1-36(2,3)48-35(47)39-19-9-12-31(45)43-20-13-26(14-21-43)33(46)44-22-15-29(16-23-44)41-34-40-25-30(38)32(42-34)27-10-8-11-28(24-27)37(4)17-6-5-7-18-37/h5-8,10-11,17,24-26,29H,9,12-16,18-23H2,1-4H3,(H,39,47)(H,40,41,42). The fourth-order valence-corrected chi connectivity index (χ4v) is 6.77. The molecule has 3 aliphatic rings. The average Bonchev–Trinajstić information content (AvgIpc) is 3.07. The zero-order valence-electron chi connectivity index (χ0n) is 28.6. The fraction of sp³-hybridized carbons (Fsp3) is 0.541. The molecule has 3 amide bonds. The van der Waals surface area contributed by atoms with E-state index in [0.717, 1.165) is 24.8 Å². The van der Waals surface area contributed by atoms with E-state index >= 15 is 0 Å². The minimum atomic E-state index is -0.553.